The summed E-state index contributed by atoms with van der Waals surface area (Å²) < 4.78 is 15.9. The Morgan fingerprint density at radius 3 is 2.70 bits per heavy atom. The van der Waals surface area contributed by atoms with Crippen LogP contribution in [0.15, 0.2) is 0 Å². The molecule has 0 aromatic heterocycles. The Balaban J connectivity index is 1.61. The van der Waals surface area contributed by atoms with Crippen molar-refractivity contribution < 1.29 is 23.8 Å². The lowest BCUT2D eigenvalue weighted by Gasteiger charge is -2.29. The summed E-state index contributed by atoms with van der Waals surface area (Å²) in [5.41, 5.74) is 0. The largest absolute Gasteiger partial charge is 0.454 e. The van der Waals surface area contributed by atoms with Gasteiger partial charge in [-0.15, -0.1) is 0 Å². The molecule has 0 aromatic carbocycles. The maximum absolute atomic E-state index is 11.9. The van der Waals surface area contributed by atoms with E-state index in [-0.39, 0.29) is 24.7 Å². The third-order valence-electron chi connectivity index (χ3n) is 4.69. The summed E-state index contributed by atoms with van der Waals surface area (Å²) in [6, 6.07) is 0.197. The zero-order valence-electron chi connectivity index (χ0n) is 14.2. The van der Waals surface area contributed by atoms with Crippen molar-refractivity contribution in [2.75, 3.05) is 19.8 Å². The van der Waals surface area contributed by atoms with E-state index in [1.807, 2.05) is 0 Å². The Morgan fingerprint density at radius 2 is 2.00 bits per heavy atom. The van der Waals surface area contributed by atoms with Crippen LogP contribution in [0.1, 0.15) is 52.4 Å². The first-order chi connectivity index (χ1) is 11.1. The van der Waals surface area contributed by atoms with Gasteiger partial charge in [-0.1, -0.05) is 19.8 Å². The quantitative estimate of drug-likeness (QED) is 0.722. The van der Waals surface area contributed by atoms with E-state index >= 15 is 0 Å². The predicted molar refractivity (Wildman–Crippen MR) is 84.9 cm³/mol. The molecule has 1 amide bonds. The third-order valence-corrected chi connectivity index (χ3v) is 4.69. The number of hydrogen-bond acceptors (Lipinski definition) is 5. The summed E-state index contributed by atoms with van der Waals surface area (Å²) in [6.07, 6.45) is 5.89. The minimum Gasteiger partial charge on any atom is -0.454 e. The van der Waals surface area contributed by atoms with E-state index in [2.05, 4.69) is 12.2 Å². The second-order valence-electron chi connectivity index (χ2n) is 6.65. The van der Waals surface area contributed by atoms with Gasteiger partial charge >= 0.3 is 5.97 Å². The molecular formula is C17H29NO5. The number of carbonyl (C=O) groups is 2. The molecule has 0 radical (unpaired) electrons. The van der Waals surface area contributed by atoms with Crippen LogP contribution in [0.25, 0.3) is 0 Å². The van der Waals surface area contributed by atoms with Gasteiger partial charge < -0.3 is 19.5 Å². The van der Waals surface area contributed by atoms with Crippen molar-refractivity contribution in [2.45, 2.75) is 70.6 Å². The number of ether oxygens (including phenoxy) is 3. The first-order valence-corrected chi connectivity index (χ1v) is 8.75. The third kappa shape index (κ3) is 6.11. The summed E-state index contributed by atoms with van der Waals surface area (Å²) in [5, 5.41) is 2.96. The van der Waals surface area contributed by atoms with E-state index in [9.17, 15) is 9.59 Å². The van der Waals surface area contributed by atoms with Crippen molar-refractivity contribution in [1.82, 2.24) is 5.32 Å². The maximum atomic E-state index is 11.9. The molecule has 4 unspecified atom stereocenters. The van der Waals surface area contributed by atoms with E-state index in [4.69, 9.17) is 14.2 Å². The van der Waals surface area contributed by atoms with Gasteiger partial charge in [0.25, 0.3) is 5.91 Å². The highest BCUT2D eigenvalue weighted by molar-refractivity contribution is 5.82. The van der Waals surface area contributed by atoms with Crippen molar-refractivity contribution in [1.29, 1.82) is 0 Å². The fourth-order valence-corrected chi connectivity index (χ4v) is 3.13. The minimum atomic E-state index is -0.680. The van der Waals surface area contributed by atoms with E-state index in [1.54, 1.807) is 6.92 Å². The first-order valence-electron chi connectivity index (χ1n) is 8.75. The Labute approximate surface area is 138 Å². The van der Waals surface area contributed by atoms with Crippen LogP contribution in [0.2, 0.25) is 0 Å². The molecular weight excluding hydrogens is 298 g/mol. The predicted octanol–water partition coefficient (Wildman–Crippen LogP) is 1.81. The Kier molecular flexibility index (Phi) is 7.30. The molecule has 6 heteroatoms. The highest BCUT2D eigenvalue weighted by Crippen LogP contribution is 2.23. The van der Waals surface area contributed by atoms with Crippen molar-refractivity contribution in [3.63, 3.8) is 0 Å². The van der Waals surface area contributed by atoms with Crippen LogP contribution in [0.3, 0.4) is 0 Å². The van der Waals surface area contributed by atoms with Crippen molar-refractivity contribution >= 4 is 11.9 Å². The number of nitrogens with one attached hydrogen (secondary N) is 1. The number of esters is 1. The van der Waals surface area contributed by atoms with Crippen LogP contribution >= 0.6 is 0 Å². The van der Waals surface area contributed by atoms with Gasteiger partial charge in [0.1, 0.15) is 0 Å². The van der Waals surface area contributed by atoms with Gasteiger partial charge in [0, 0.05) is 12.6 Å². The number of rotatable bonds is 7. The lowest BCUT2D eigenvalue weighted by molar-refractivity contribution is -0.160. The number of carbonyl (C=O) groups excluding carboxylic acids is 2. The molecule has 0 aromatic rings. The summed E-state index contributed by atoms with van der Waals surface area (Å²) in [6.45, 7) is 4.69. The van der Waals surface area contributed by atoms with Crippen LogP contribution in [-0.4, -0.2) is 49.9 Å². The molecule has 1 aliphatic carbocycles. The molecule has 1 saturated carbocycles. The normalized spacial score (nSPS) is 29.0. The summed E-state index contributed by atoms with van der Waals surface area (Å²) in [7, 11) is 0. The highest BCUT2D eigenvalue weighted by Gasteiger charge is 2.24. The zero-order valence-corrected chi connectivity index (χ0v) is 14.2. The van der Waals surface area contributed by atoms with Crippen molar-refractivity contribution in [3.05, 3.63) is 0 Å². The molecule has 1 heterocycles. The van der Waals surface area contributed by atoms with Gasteiger partial charge in [-0.3, -0.25) is 4.79 Å². The molecule has 2 fully saturated rings. The molecule has 0 spiro atoms. The molecule has 2 rings (SSSR count). The second-order valence-corrected chi connectivity index (χ2v) is 6.65. The van der Waals surface area contributed by atoms with Crippen LogP contribution < -0.4 is 5.32 Å². The van der Waals surface area contributed by atoms with Crippen LogP contribution in [-0.2, 0) is 23.8 Å². The van der Waals surface area contributed by atoms with Gasteiger partial charge in [-0.2, -0.15) is 0 Å². The monoisotopic (exact) mass is 327 g/mol. The minimum absolute atomic E-state index is 0.0707. The molecule has 4 atom stereocenters. The van der Waals surface area contributed by atoms with Crippen molar-refractivity contribution in [2.24, 2.45) is 5.92 Å². The maximum Gasteiger partial charge on any atom is 0.335 e. The van der Waals surface area contributed by atoms with Gasteiger partial charge in [0.05, 0.1) is 12.7 Å². The van der Waals surface area contributed by atoms with Crippen LogP contribution in [0.4, 0.5) is 0 Å². The smallest absolute Gasteiger partial charge is 0.335 e. The Hall–Kier alpha value is -1.14. The standard InChI is InChI=1S/C17H29NO5/c1-12-6-3-4-8-15(12)18-16(19)11-23-17(20)13(2)22-10-14-7-5-9-21-14/h12-15H,3-11H2,1-2H3,(H,18,19). The van der Waals surface area contributed by atoms with Crippen LogP contribution in [0, 0.1) is 5.92 Å². The van der Waals surface area contributed by atoms with E-state index in [0.717, 1.165) is 38.7 Å². The highest BCUT2D eigenvalue weighted by atomic mass is 16.6. The molecule has 6 nitrogen and oxygen atoms in total. The zero-order chi connectivity index (χ0) is 16.7. The van der Waals surface area contributed by atoms with Gasteiger partial charge in [-0.05, 0) is 38.5 Å². The number of amides is 1. The molecule has 132 valence electrons. The van der Waals surface area contributed by atoms with E-state index < -0.39 is 12.1 Å². The molecule has 1 N–H and O–H groups in total. The average Bonchev–Trinajstić information content (AvgIpc) is 3.06. The van der Waals surface area contributed by atoms with Crippen LogP contribution in [0.5, 0.6) is 0 Å². The lowest BCUT2D eigenvalue weighted by Crippen LogP contribution is -2.43. The lowest BCUT2D eigenvalue weighted by atomic mass is 9.86. The molecule has 23 heavy (non-hydrogen) atoms. The molecule has 1 saturated heterocycles. The van der Waals surface area contributed by atoms with Gasteiger partial charge in [-0.25, -0.2) is 4.79 Å². The Morgan fingerprint density at radius 1 is 1.22 bits per heavy atom. The molecule has 0 bridgehead atoms. The SMILES string of the molecule is CC(OCC1CCCO1)C(=O)OCC(=O)NC1CCCCC1C. The summed E-state index contributed by atoms with van der Waals surface area (Å²) in [5.74, 6) is -0.254. The van der Waals surface area contributed by atoms with Gasteiger partial charge in [0.2, 0.25) is 0 Å². The summed E-state index contributed by atoms with van der Waals surface area (Å²) in [4.78, 5) is 23.7. The second kappa shape index (κ2) is 9.23. The first kappa shape index (κ1) is 18.2. The Bertz CT molecular complexity index is 394. The average molecular weight is 327 g/mol. The molecule has 1 aliphatic heterocycles. The fraction of sp³-hybridized carbons (Fsp3) is 0.882. The molecule has 2 aliphatic rings. The van der Waals surface area contributed by atoms with E-state index in [0.29, 0.717) is 12.5 Å². The van der Waals surface area contributed by atoms with Crippen molar-refractivity contribution in [3.8, 4) is 0 Å². The number of hydrogen-bond donors (Lipinski definition) is 1. The van der Waals surface area contributed by atoms with E-state index in [1.165, 1.54) is 6.42 Å². The fourth-order valence-electron chi connectivity index (χ4n) is 3.13. The van der Waals surface area contributed by atoms with Gasteiger partial charge in [0.15, 0.2) is 12.7 Å². The summed E-state index contributed by atoms with van der Waals surface area (Å²) >= 11 is 0. The topological polar surface area (TPSA) is 73.9 Å².